The molecule has 3 rings (SSSR count). The lowest BCUT2D eigenvalue weighted by Gasteiger charge is -2.26. The van der Waals surface area contributed by atoms with Crippen LogP contribution in [0.3, 0.4) is 0 Å². The predicted molar refractivity (Wildman–Crippen MR) is 110 cm³/mol. The molecule has 1 aliphatic heterocycles. The van der Waals surface area contributed by atoms with Crippen LogP contribution < -0.4 is 5.32 Å². The van der Waals surface area contributed by atoms with Crippen LogP contribution in [0.25, 0.3) is 0 Å². The van der Waals surface area contributed by atoms with E-state index in [0.717, 1.165) is 24.4 Å². The van der Waals surface area contributed by atoms with Crippen molar-refractivity contribution >= 4 is 23.5 Å². The van der Waals surface area contributed by atoms with Gasteiger partial charge >= 0.3 is 0 Å². The quantitative estimate of drug-likeness (QED) is 0.432. The molecule has 0 fully saturated rings. The second-order valence-electron chi connectivity index (χ2n) is 6.92. The number of nitrogens with zero attached hydrogens (tertiary/aromatic N) is 1. The molecule has 0 amide bonds. The molecule has 1 aromatic rings. The minimum Gasteiger partial charge on any atom is -0.319 e. The van der Waals surface area contributed by atoms with Gasteiger partial charge in [0.2, 0.25) is 0 Å². The molecule has 1 unspecified atom stereocenters. The number of hydrogen-bond donors (Lipinski definition) is 1. The third-order valence-corrected chi connectivity index (χ3v) is 6.30. The number of fused-ring (bicyclic) bond motifs is 1. The van der Waals surface area contributed by atoms with E-state index >= 15 is 0 Å². The van der Waals surface area contributed by atoms with Crippen LogP contribution in [0.1, 0.15) is 63.5 Å². The fraction of sp³-hybridized carbons (Fsp3) is 0.524. The first-order valence-electron chi connectivity index (χ1n) is 9.55. The van der Waals surface area contributed by atoms with Crippen molar-refractivity contribution in [2.75, 3.05) is 13.6 Å². The number of benzene rings is 1. The van der Waals surface area contributed by atoms with Crippen molar-refractivity contribution in [3.63, 3.8) is 0 Å². The number of allylic oxidation sites excluding steroid dienone is 2. The SMILES string of the molecule is CCCCCCCNC1C2=C(CCC=C2)N(C)Sc2cc(Cl)ccc21. The van der Waals surface area contributed by atoms with Crippen LogP contribution in [-0.4, -0.2) is 17.9 Å². The highest BCUT2D eigenvalue weighted by molar-refractivity contribution is 7.97. The van der Waals surface area contributed by atoms with Crippen molar-refractivity contribution < 1.29 is 0 Å². The minimum atomic E-state index is 0.266. The molecule has 0 bridgehead atoms. The molecular formula is C21H29ClN2S. The summed E-state index contributed by atoms with van der Waals surface area (Å²) in [5.41, 5.74) is 4.23. The zero-order valence-corrected chi connectivity index (χ0v) is 16.9. The third kappa shape index (κ3) is 4.64. The normalized spacial score (nSPS) is 19.6. The van der Waals surface area contributed by atoms with Gasteiger partial charge in [0.05, 0.1) is 6.04 Å². The minimum absolute atomic E-state index is 0.266. The maximum absolute atomic E-state index is 6.27. The van der Waals surface area contributed by atoms with Crippen molar-refractivity contribution in [2.24, 2.45) is 0 Å². The van der Waals surface area contributed by atoms with Crippen LogP contribution in [0.5, 0.6) is 0 Å². The highest BCUT2D eigenvalue weighted by atomic mass is 35.5. The zero-order valence-electron chi connectivity index (χ0n) is 15.4. The molecule has 0 saturated carbocycles. The van der Waals surface area contributed by atoms with E-state index in [1.54, 1.807) is 11.9 Å². The molecule has 0 radical (unpaired) electrons. The molecule has 136 valence electrons. The van der Waals surface area contributed by atoms with Gasteiger partial charge in [-0.05, 0) is 61.0 Å². The summed E-state index contributed by atoms with van der Waals surface area (Å²) in [7, 11) is 2.18. The average Bonchev–Trinajstić information content (AvgIpc) is 2.73. The third-order valence-electron chi connectivity index (χ3n) is 5.02. The van der Waals surface area contributed by atoms with Crippen LogP contribution in [-0.2, 0) is 0 Å². The van der Waals surface area contributed by atoms with Gasteiger partial charge in [-0.25, -0.2) is 0 Å². The summed E-state index contributed by atoms with van der Waals surface area (Å²) in [5, 5.41) is 4.66. The molecule has 0 saturated heterocycles. The molecule has 0 aromatic heterocycles. The lowest BCUT2D eigenvalue weighted by molar-refractivity contribution is 0.532. The van der Waals surface area contributed by atoms with Gasteiger partial charge in [-0.15, -0.1) is 0 Å². The molecule has 25 heavy (non-hydrogen) atoms. The number of unbranched alkanes of at least 4 members (excludes halogenated alkanes) is 4. The zero-order chi connectivity index (χ0) is 17.6. The number of hydrogen-bond acceptors (Lipinski definition) is 3. The second kappa shape index (κ2) is 9.16. The second-order valence-corrected chi connectivity index (χ2v) is 8.52. The van der Waals surface area contributed by atoms with Crippen LogP contribution in [0.15, 0.2) is 46.5 Å². The van der Waals surface area contributed by atoms with Gasteiger partial charge in [0, 0.05) is 22.7 Å². The van der Waals surface area contributed by atoms with E-state index in [1.165, 1.54) is 53.8 Å². The first-order chi connectivity index (χ1) is 12.2. The van der Waals surface area contributed by atoms with E-state index in [2.05, 4.69) is 47.9 Å². The summed E-state index contributed by atoms with van der Waals surface area (Å²) in [6.07, 6.45) is 13.4. The smallest absolute Gasteiger partial charge is 0.0605 e. The molecule has 2 nitrogen and oxygen atoms in total. The van der Waals surface area contributed by atoms with E-state index < -0.39 is 0 Å². The fourth-order valence-electron chi connectivity index (χ4n) is 3.66. The molecule has 2 aliphatic rings. The highest BCUT2D eigenvalue weighted by Gasteiger charge is 2.28. The molecule has 1 N–H and O–H groups in total. The Kier molecular flexibility index (Phi) is 6.92. The summed E-state index contributed by atoms with van der Waals surface area (Å²) in [4.78, 5) is 1.27. The number of nitrogens with one attached hydrogen (secondary N) is 1. The van der Waals surface area contributed by atoms with Crippen molar-refractivity contribution in [1.29, 1.82) is 0 Å². The number of rotatable bonds is 7. The van der Waals surface area contributed by atoms with E-state index in [9.17, 15) is 0 Å². The molecule has 1 aliphatic carbocycles. The van der Waals surface area contributed by atoms with E-state index in [1.807, 2.05) is 6.07 Å². The van der Waals surface area contributed by atoms with Gasteiger partial charge in [-0.1, -0.05) is 62.4 Å². The lowest BCUT2D eigenvalue weighted by atomic mass is 9.92. The Bertz CT molecular complexity index is 653. The molecule has 4 heteroatoms. The van der Waals surface area contributed by atoms with Gasteiger partial charge in [0.25, 0.3) is 0 Å². The Morgan fingerprint density at radius 1 is 1.24 bits per heavy atom. The van der Waals surface area contributed by atoms with Gasteiger partial charge in [0.15, 0.2) is 0 Å². The number of halogens is 1. The Hall–Kier alpha value is -0.900. The fourth-order valence-corrected chi connectivity index (χ4v) is 4.97. The first kappa shape index (κ1) is 18.9. The molecule has 1 aromatic carbocycles. The van der Waals surface area contributed by atoms with Gasteiger partial charge < -0.3 is 9.62 Å². The first-order valence-corrected chi connectivity index (χ1v) is 10.7. The largest absolute Gasteiger partial charge is 0.319 e. The highest BCUT2D eigenvalue weighted by Crippen LogP contribution is 2.44. The Morgan fingerprint density at radius 3 is 2.92 bits per heavy atom. The summed E-state index contributed by atoms with van der Waals surface area (Å²) in [6, 6.07) is 6.60. The van der Waals surface area contributed by atoms with Crippen LogP contribution >= 0.6 is 23.5 Å². The van der Waals surface area contributed by atoms with Crippen molar-refractivity contribution in [3.8, 4) is 0 Å². The van der Waals surface area contributed by atoms with Crippen molar-refractivity contribution in [2.45, 2.75) is 62.8 Å². The van der Waals surface area contributed by atoms with Crippen LogP contribution in [0, 0.1) is 0 Å². The summed E-state index contributed by atoms with van der Waals surface area (Å²) in [6.45, 7) is 3.33. The standard InChI is InChI=1S/C21H29ClN2S/c1-3-4-5-6-9-14-23-21-17-10-7-8-11-19(17)24(2)25-20-15-16(22)12-13-18(20)21/h7,10,12-13,15,21,23H,3-6,8-9,11,14H2,1-2H3. The molecule has 0 spiro atoms. The molecular weight excluding hydrogens is 348 g/mol. The summed E-state index contributed by atoms with van der Waals surface area (Å²) < 4.78 is 2.33. The van der Waals surface area contributed by atoms with E-state index in [0.29, 0.717) is 0 Å². The Morgan fingerprint density at radius 2 is 2.08 bits per heavy atom. The van der Waals surface area contributed by atoms with Crippen LogP contribution in [0.2, 0.25) is 5.02 Å². The van der Waals surface area contributed by atoms with Crippen molar-refractivity contribution in [3.05, 3.63) is 52.2 Å². The monoisotopic (exact) mass is 376 g/mol. The Labute approximate surface area is 161 Å². The van der Waals surface area contributed by atoms with Gasteiger partial charge in [-0.3, -0.25) is 0 Å². The predicted octanol–water partition coefficient (Wildman–Crippen LogP) is 6.50. The van der Waals surface area contributed by atoms with Gasteiger partial charge in [0.1, 0.15) is 0 Å². The van der Waals surface area contributed by atoms with Crippen LogP contribution in [0.4, 0.5) is 0 Å². The summed E-state index contributed by atoms with van der Waals surface area (Å²) in [5.74, 6) is 0. The Balaban J connectivity index is 1.80. The summed E-state index contributed by atoms with van der Waals surface area (Å²) >= 11 is 8.08. The topological polar surface area (TPSA) is 15.3 Å². The van der Waals surface area contributed by atoms with Crippen molar-refractivity contribution in [1.82, 2.24) is 9.62 Å². The van der Waals surface area contributed by atoms with E-state index in [4.69, 9.17) is 11.6 Å². The van der Waals surface area contributed by atoms with E-state index in [-0.39, 0.29) is 6.04 Å². The maximum Gasteiger partial charge on any atom is 0.0605 e. The molecule has 1 atom stereocenters. The average molecular weight is 377 g/mol. The lowest BCUT2D eigenvalue weighted by Crippen LogP contribution is -2.26. The van der Waals surface area contributed by atoms with Gasteiger partial charge in [-0.2, -0.15) is 0 Å². The maximum atomic E-state index is 6.27. The molecule has 1 heterocycles.